The number of aryl methyl sites for hydroxylation is 1. The molecule has 1 aliphatic carbocycles. The number of amides is 1. The fraction of sp³-hybridized carbons (Fsp3) is 0.611. The lowest BCUT2D eigenvalue weighted by molar-refractivity contribution is 0.0952. The van der Waals surface area contributed by atoms with Gasteiger partial charge in [-0.1, -0.05) is 31.7 Å². The van der Waals surface area contributed by atoms with Crippen molar-refractivity contribution in [1.29, 1.82) is 0 Å². The molecule has 1 fully saturated rings. The fourth-order valence-electron chi connectivity index (χ4n) is 3.11. The molecule has 5 nitrogen and oxygen atoms in total. The molecule has 0 saturated heterocycles. The Labute approximate surface area is 145 Å². The molecule has 1 saturated carbocycles. The molecule has 0 spiro atoms. The molecule has 24 heavy (non-hydrogen) atoms. The number of hydrogen-bond donors (Lipinski definition) is 2. The molecule has 1 aromatic rings. The summed E-state index contributed by atoms with van der Waals surface area (Å²) in [4.78, 5) is 12.5. The van der Waals surface area contributed by atoms with Gasteiger partial charge in [-0.15, -0.1) is 0 Å². The van der Waals surface area contributed by atoms with E-state index in [9.17, 15) is 13.2 Å². The van der Waals surface area contributed by atoms with Crippen molar-refractivity contribution in [2.75, 3.05) is 19.3 Å². The molecule has 1 amide bonds. The normalized spacial score (nSPS) is 16.6. The molecule has 2 N–H and O–H groups in total. The molecular formula is C18H28N2O3S. The molecule has 0 aromatic heterocycles. The number of sulfone groups is 1. The van der Waals surface area contributed by atoms with E-state index >= 15 is 0 Å². The average Bonchev–Trinajstić information content (AvgIpc) is 2.79. The molecule has 0 bridgehead atoms. The summed E-state index contributed by atoms with van der Waals surface area (Å²) in [5, 5.41) is 6.39. The first-order chi connectivity index (χ1) is 11.4. The molecule has 134 valence electrons. The summed E-state index contributed by atoms with van der Waals surface area (Å²) in [6, 6.07) is 5.22. The minimum absolute atomic E-state index is 0.176. The monoisotopic (exact) mass is 352 g/mol. The van der Waals surface area contributed by atoms with Gasteiger partial charge < -0.3 is 10.6 Å². The predicted octanol–water partition coefficient (Wildman–Crippen LogP) is 2.44. The summed E-state index contributed by atoms with van der Waals surface area (Å²) < 4.78 is 23.3. The number of benzene rings is 1. The minimum atomic E-state index is -3.31. The van der Waals surface area contributed by atoms with Crippen LogP contribution >= 0.6 is 0 Å². The first kappa shape index (κ1) is 18.9. The highest BCUT2D eigenvalue weighted by atomic mass is 32.2. The van der Waals surface area contributed by atoms with E-state index < -0.39 is 9.84 Å². The smallest absolute Gasteiger partial charge is 0.251 e. The maximum absolute atomic E-state index is 12.3. The number of nitrogens with one attached hydrogen (secondary N) is 2. The van der Waals surface area contributed by atoms with E-state index in [1.807, 2.05) is 6.92 Å². The zero-order valence-electron chi connectivity index (χ0n) is 14.6. The fourth-order valence-corrected chi connectivity index (χ4v) is 3.75. The third-order valence-corrected chi connectivity index (χ3v) is 5.69. The third kappa shape index (κ3) is 5.60. The van der Waals surface area contributed by atoms with Crippen LogP contribution < -0.4 is 10.6 Å². The maximum Gasteiger partial charge on any atom is 0.251 e. The zero-order chi connectivity index (χ0) is 17.6. The summed E-state index contributed by atoms with van der Waals surface area (Å²) in [5.41, 5.74) is 1.20. The first-order valence-corrected chi connectivity index (χ1v) is 10.6. The Hall–Kier alpha value is -1.40. The van der Waals surface area contributed by atoms with Crippen LogP contribution in [0.4, 0.5) is 0 Å². The lowest BCUT2D eigenvalue weighted by atomic mass is 10.1. The average molecular weight is 353 g/mol. The van der Waals surface area contributed by atoms with Gasteiger partial charge in [-0.2, -0.15) is 0 Å². The van der Waals surface area contributed by atoms with Crippen LogP contribution in [0.25, 0.3) is 0 Å². The van der Waals surface area contributed by atoms with Gasteiger partial charge in [-0.25, -0.2) is 8.42 Å². The quantitative estimate of drug-likeness (QED) is 0.609. The Morgan fingerprint density at radius 2 is 1.79 bits per heavy atom. The number of hydrogen-bond acceptors (Lipinski definition) is 4. The zero-order valence-corrected chi connectivity index (χ0v) is 15.4. The van der Waals surface area contributed by atoms with Crippen molar-refractivity contribution in [3.8, 4) is 0 Å². The summed E-state index contributed by atoms with van der Waals surface area (Å²) in [5.74, 6) is -0.222. The van der Waals surface area contributed by atoms with Crippen LogP contribution in [0.5, 0.6) is 0 Å². The number of carbonyl (C=O) groups is 1. The van der Waals surface area contributed by atoms with Crippen LogP contribution in [0, 0.1) is 6.92 Å². The Bertz CT molecular complexity index is 663. The van der Waals surface area contributed by atoms with E-state index in [-0.39, 0.29) is 10.8 Å². The standard InChI is InChI=1S/C18H28N2O3S/c1-14-9-10-16(24(2,22)23)13-17(14)18(21)20-12-11-19-15-7-5-3-4-6-8-15/h9-10,13,15,19H,3-8,11-12H2,1-2H3,(H,20,21). The first-order valence-electron chi connectivity index (χ1n) is 8.70. The highest BCUT2D eigenvalue weighted by Gasteiger charge is 2.15. The van der Waals surface area contributed by atoms with Crippen molar-refractivity contribution in [2.24, 2.45) is 0 Å². The van der Waals surface area contributed by atoms with Crippen molar-refractivity contribution in [2.45, 2.75) is 56.4 Å². The Kier molecular flexibility index (Phi) is 6.80. The van der Waals surface area contributed by atoms with Gasteiger partial charge in [0.05, 0.1) is 4.90 Å². The van der Waals surface area contributed by atoms with Gasteiger partial charge >= 0.3 is 0 Å². The topological polar surface area (TPSA) is 75.3 Å². The highest BCUT2D eigenvalue weighted by molar-refractivity contribution is 7.90. The van der Waals surface area contributed by atoms with Crippen molar-refractivity contribution < 1.29 is 13.2 Å². The van der Waals surface area contributed by atoms with Crippen molar-refractivity contribution >= 4 is 15.7 Å². The molecule has 1 aliphatic rings. The highest BCUT2D eigenvalue weighted by Crippen LogP contribution is 2.17. The Morgan fingerprint density at radius 1 is 1.12 bits per heavy atom. The van der Waals surface area contributed by atoms with Gasteiger partial charge in [0.25, 0.3) is 5.91 Å². The van der Waals surface area contributed by atoms with Gasteiger partial charge in [0.1, 0.15) is 0 Å². The predicted molar refractivity (Wildman–Crippen MR) is 96.1 cm³/mol. The summed E-state index contributed by atoms with van der Waals surface area (Å²) >= 11 is 0. The second-order valence-electron chi connectivity index (χ2n) is 6.65. The molecule has 0 unspecified atom stereocenters. The van der Waals surface area contributed by atoms with Crippen LogP contribution in [-0.2, 0) is 9.84 Å². The van der Waals surface area contributed by atoms with E-state index in [1.165, 1.54) is 50.7 Å². The molecule has 1 aromatic carbocycles. The summed E-state index contributed by atoms with van der Waals surface area (Å²) in [6.45, 7) is 3.09. The summed E-state index contributed by atoms with van der Waals surface area (Å²) in [6.07, 6.45) is 8.78. The van der Waals surface area contributed by atoms with Crippen LogP contribution in [-0.4, -0.2) is 39.7 Å². The number of carbonyl (C=O) groups excluding carboxylic acids is 1. The van der Waals surface area contributed by atoms with Gasteiger partial charge in [0.2, 0.25) is 0 Å². The molecule has 0 aliphatic heterocycles. The van der Waals surface area contributed by atoms with Gasteiger partial charge in [-0.05, 0) is 37.5 Å². The second-order valence-corrected chi connectivity index (χ2v) is 8.66. The Morgan fingerprint density at radius 3 is 2.42 bits per heavy atom. The lowest BCUT2D eigenvalue weighted by Crippen LogP contribution is -2.37. The molecule has 0 heterocycles. The van der Waals surface area contributed by atoms with Gasteiger partial charge in [0.15, 0.2) is 9.84 Å². The molecule has 2 rings (SSSR count). The van der Waals surface area contributed by atoms with Crippen molar-refractivity contribution in [1.82, 2.24) is 10.6 Å². The maximum atomic E-state index is 12.3. The van der Waals surface area contributed by atoms with Crippen LogP contribution in [0.2, 0.25) is 0 Å². The van der Waals surface area contributed by atoms with E-state index in [1.54, 1.807) is 6.07 Å². The second kappa shape index (κ2) is 8.62. The molecule has 6 heteroatoms. The summed E-state index contributed by atoms with van der Waals surface area (Å²) in [7, 11) is -3.31. The molecular weight excluding hydrogens is 324 g/mol. The molecule has 0 radical (unpaired) electrons. The van der Waals surface area contributed by atoms with Crippen molar-refractivity contribution in [3.05, 3.63) is 29.3 Å². The van der Waals surface area contributed by atoms with E-state index in [2.05, 4.69) is 10.6 Å². The largest absolute Gasteiger partial charge is 0.351 e. The van der Waals surface area contributed by atoms with Crippen molar-refractivity contribution in [3.63, 3.8) is 0 Å². The van der Waals surface area contributed by atoms with E-state index in [0.29, 0.717) is 18.2 Å². The van der Waals surface area contributed by atoms with Gasteiger partial charge in [0, 0.05) is 31.0 Å². The van der Waals surface area contributed by atoms with E-state index in [4.69, 9.17) is 0 Å². The molecule has 0 atom stereocenters. The third-order valence-electron chi connectivity index (χ3n) is 4.58. The van der Waals surface area contributed by atoms with E-state index in [0.717, 1.165) is 18.4 Å². The van der Waals surface area contributed by atoms with Gasteiger partial charge in [-0.3, -0.25) is 4.79 Å². The minimum Gasteiger partial charge on any atom is -0.351 e. The Balaban J connectivity index is 1.86. The lowest BCUT2D eigenvalue weighted by Gasteiger charge is -2.16. The number of rotatable bonds is 6. The van der Waals surface area contributed by atoms with Crippen LogP contribution in [0.1, 0.15) is 54.4 Å². The SMILES string of the molecule is Cc1ccc(S(C)(=O)=O)cc1C(=O)NCCNC1CCCCCC1. The van der Waals surface area contributed by atoms with Crippen LogP contribution in [0.3, 0.4) is 0 Å². The van der Waals surface area contributed by atoms with Crippen LogP contribution in [0.15, 0.2) is 23.1 Å².